The van der Waals surface area contributed by atoms with Crippen LogP contribution in [0.1, 0.15) is 27.2 Å². The smallest absolute Gasteiger partial charge is 0.163 e. The third kappa shape index (κ3) is 1.16. The first kappa shape index (κ1) is 8.48. The lowest BCUT2D eigenvalue weighted by Crippen LogP contribution is -2.34. The number of rotatable bonds is 0. The van der Waals surface area contributed by atoms with Gasteiger partial charge in [0.15, 0.2) is 5.79 Å². The van der Waals surface area contributed by atoms with Gasteiger partial charge in [0.1, 0.15) is 6.10 Å². The maximum absolute atomic E-state index is 5.93. The molecule has 0 bridgehead atoms. The van der Waals surface area contributed by atoms with E-state index in [4.69, 9.17) is 15.2 Å². The molecule has 1 saturated carbocycles. The maximum atomic E-state index is 5.93. The second-order valence-corrected chi connectivity index (χ2v) is 4.44. The van der Waals surface area contributed by atoms with Gasteiger partial charge in [0.2, 0.25) is 0 Å². The van der Waals surface area contributed by atoms with E-state index >= 15 is 0 Å². The lowest BCUT2D eigenvalue weighted by molar-refractivity contribution is -0.157. The molecule has 12 heavy (non-hydrogen) atoms. The minimum Gasteiger partial charge on any atom is -0.344 e. The minimum atomic E-state index is -0.429. The van der Waals surface area contributed by atoms with Crippen LogP contribution in [-0.4, -0.2) is 24.0 Å². The molecule has 0 aromatic rings. The van der Waals surface area contributed by atoms with Crippen molar-refractivity contribution >= 4 is 0 Å². The number of hydrogen-bond donors (Lipinski definition) is 1. The van der Waals surface area contributed by atoms with Crippen molar-refractivity contribution in [1.29, 1.82) is 0 Å². The van der Waals surface area contributed by atoms with Gasteiger partial charge in [-0.25, -0.2) is 0 Å². The lowest BCUT2D eigenvalue weighted by atomic mass is 10.1. The Kier molecular flexibility index (Phi) is 1.72. The van der Waals surface area contributed by atoms with Crippen molar-refractivity contribution in [3.05, 3.63) is 0 Å². The van der Waals surface area contributed by atoms with Gasteiger partial charge < -0.3 is 15.2 Å². The van der Waals surface area contributed by atoms with E-state index in [2.05, 4.69) is 6.92 Å². The number of nitrogens with two attached hydrogens (primary N) is 1. The van der Waals surface area contributed by atoms with E-state index in [1.807, 2.05) is 13.8 Å². The van der Waals surface area contributed by atoms with Gasteiger partial charge in [0.25, 0.3) is 0 Å². The molecule has 0 radical (unpaired) electrons. The molecular weight excluding hydrogens is 154 g/mol. The van der Waals surface area contributed by atoms with Crippen molar-refractivity contribution in [2.75, 3.05) is 0 Å². The van der Waals surface area contributed by atoms with Crippen LogP contribution >= 0.6 is 0 Å². The molecule has 1 aliphatic carbocycles. The zero-order valence-electron chi connectivity index (χ0n) is 7.91. The Morgan fingerprint density at radius 3 is 2.42 bits per heavy atom. The first-order valence-corrected chi connectivity index (χ1v) is 4.61. The molecule has 0 spiro atoms. The summed E-state index contributed by atoms with van der Waals surface area (Å²) in [7, 11) is 0. The fourth-order valence-electron chi connectivity index (χ4n) is 2.29. The molecule has 1 aliphatic heterocycles. The van der Waals surface area contributed by atoms with Crippen LogP contribution in [0.5, 0.6) is 0 Å². The van der Waals surface area contributed by atoms with Crippen LogP contribution in [0, 0.1) is 5.92 Å². The predicted molar refractivity (Wildman–Crippen MR) is 45.6 cm³/mol. The van der Waals surface area contributed by atoms with Crippen LogP contribution in [0.25, 0.3) is 0 Å². The van der Waals surface area contributed by atoms with Crippen molar-refractivity contribution in [1.82, 2.24) is 0 Å². The summed E-state index contributed by atoms with van der Waals surface area (Å²) in [6.07, 6.45) is 1.36. The Hall–Kier alpha value is -0.120. The first-order valence-electron chi connectivity index (χ1n) is 4.61. The summed E-state index contributed by atoms with van der Waals surface area (Å²) in [6.45, 7) is 6.07. The molecule has 4 atom stereocenters. The molecule has 2 aliphatic rings. The molecular formula is C9H17NO2. The second-order valence-electron chi connectivity index (χ2n) is 4.44. The normalized spacial score (nSPS) is 51.0. The topological polar surface area (TPSA) is 44.5 Å². The minimum absolute atomic E-state index is 0.120. The zero-order valence-corrected chi connectivity index (χ0v) is 7.91. The summed E-state index contributed by atoms with van der Waals surface area (Å²) in [4.78, 5) is 0. The van der Waals surface area contributed by atoms with Gasteiger partial charge in [-0.05, 0) is 26.2 Å². The van der Waals surface area contributed by atoms with E-state index in [9.17, 15) is 0 Å². The van der Waals surface area contributed by atoms with Crippen molar-refractivity contribution in [2.45, 2.75) is 51.2 Å². The number of fused-ring (bicyclic) bond motifs is 1. The van der Waals surface area contributed by atoms with Crippen LogP contribution in [-0.2, 0) is 9.47 Å². The lowest BCUT2D eigenvalue weighted by Gasteiger charge is -2.20. The molecule has 3 heteroatoms. The number of hydrogen-bond acceptors (Lipinski definition) is 3. The van der Waals surface area contributed by atoms with Gasteiger partial charge in [-0.1, -0.05) is 6.92 Å². The Balaban J connectivity index is 2.15. The molecule has 2 N–H and O–H groups in total. The van der Waals surface area contributed by atoms with E-state index in [1.165, 1.54) is 0 Å². The van der Waals surface area contributed by atoms with Gasteiger partial charge in [-0.15, -0.1) is 0 Å². The molecule has 0 aromatic heterocycles. The Bertz CT molecular complexity index is 175. The molecule has 70 valence electrons. The van der Waals surface area contributed by atoms with Gasteiger partial charge in [0, 0.05) is 6.04 Å². The summed E-state index contributed by atoms with van der Waals surface area (Å²) >= 11 is 0. The van der Waals surface area contributed by atoms with E-state index in [0.29, 0.717) is 5.92 Å². The average Bonchev–Trinajstić information content (AvgIpc) is 2.34. The highest BCUT2D eigenvalue weighted by atomic mass is 16.8. The van der Waals surface area contributed by atoms with Crippen LogP contribution in [0.4, 0.5) is 0 Å². The van der Waals surface area contributed by atoms with E-state index in [1.54, 1.807) is 0 Å². The van der Waals surface area contributed by atoms with Crippen molar-refractivity contribution in [3.8, 4) is 0 Å². The fourth-order valence-corrected chi connectivity index (χ4v) is 2.29. The Morgan fingerprint density at radius 2 is 1.83 bits per heavy atom. The van der Waals surface area contributed by atoms with Crippen LogP contribution in [0.2, 0.25) is 0 Å². The molecule has 0 unspecified atom stereocenters. The molecule has 1 heterocycles. The molecule has 2 rings (SSSR count). The first-order chi connectivity index (χ1) is 5.49. The monoisotopic (exact) mass is 171 g/mol. The van der Waals surface area contributed by atoms with Gasteiger partial charge in [0.05, 0.1) is 6.10 Å². The zero-order chi connectivity index (χ0) is 8.93. The maximum Gasteiger partial charge on any atom is 0.163 e. The predicted octanol–water partition coefficient (Wildman–Crippen LogP) is 0.874. The SMILES string of the molecule is C[C@H]1C[C@@H](N)[C@@H]2OC(C)(C)O[C@@H]21. The highest BCUT2D eigenvalue weighted by Gasteiger charge is 2.51. The summed E-state index contributed by atoms with van der Waals surface area (Å²) in [5.74, 6) is 0.105. The second kappa shape index (κ2) is 2.44. The molecule has 2 fully saturated rings. The number of ether oxygens (including phenoxy) is 2. The van der Waals surface area contributed by atoms with Gasteiger partial charge in [-0.2, -0.15) is 0 Å². The summed E-state index contributed by atoms with van der Waals surface area (Å²) in [5.41, 5.74) is 5.93. The van der Waals surface area contributed by atoms with Crippen LogP contribution < -0.4 is 5.73 Å². The van der Waals surface area contributed by atoms with Crippen molar-refractivity contribution < 1.29 is 9.47 Å². The van der Waals surface area contributed by atoms with Gasteiger partial charge >= 0.3 is 0 Å². The van der Waals surface area contributed by atoms with Crippen LogP contribution in [0.15, 0.2) is 0 Å². The summed E-state index contributed by atoms with van der Waals surface area (Å²) < 4.78 is 11.5. The Morgan fingerprint density at radius 1 is 1.25 bits per heavy atom. The highest BCUT2D eigenvalue weighted by molar-refractivity contribution is 4.98. The third-order valence-corrected chi connectivity index (χ3v) is 2.79. The van der Waals surface area contributed by atoms with E-state index < -0.39 is 5.79 Å². The largest absolute Gasteiger partial charge is 0.344 e. The van der Waals surface area contributed by atoms with Crippen molar-refractivity contribution in [2.24, 2.45) is 11.7 Å². The molecule has 0 aromatic carbocycles. The third-order valence-electron chi connectivity index (χ3n) is 2.79. The van der Waals surface area contributed by atoms with E-state index in [-0.39, 0.29) is 18.2 Å². The molecule has 1 saturated heterocycles. The van der Waals surface area contributed by atoms with Crippen molar-refractivity contribution in [3.63, 3.8) is 0 Å². The van der Waals surface area contributed by atoms with Crippen LogP contribution in [0.3, 0.4) is 0 Å². The van der Waals surface area contributed by atoms with Gasteiger partial charge in [-0.3, -0.25) is 0 Å². The summed E-state index contributed by atoms with van der Waals surface area (Å²) in [6, 6.07) is 0.159. The molecule has 3 nitrogen and oxygen atoms in total. The molecule has 0 amide bonds. The van der Waals surface area contributed by atoms with E-state index in [0.717, 1.165) is 6.42 Å². The quantitative estimate of drug-likeness (QED) is 0.588. The highest BCUT2D eigenvalue weighted by Crippen LogP contribution is 2.40. The standard InChI is InChI=1S/C9H17NO2/c1-5-4-6(10)8-7(5)11-9(2,3)12-8/h5-8H,4,10H2,1-3H3/t5-,6+,7+,8-/m0/s1. The Labute approximate surface area is 73.2 Å². The summed E-state index contributed by atoms with van der Waals surface area (Å²) in [5, 5.41) is 0. The fraction of sp³-hybridized carbons (Fsp3) is 1.00. The average molecular weight is 171 g/mol.